The molecule has 0 bridgehead atoms. The van der Waals surface area contributed by atoms with Crippen LogP contribution in [0.2, 0.25) is 5.15 Å². The van der Waals surface area contributed by atoms with Gasteiger partial charge < -0.3 is 10.1 Å². The van der Waals surface area contributed by atoms with Crippen molar-refractivity contribution in [2.45, 2.75) is 19.0 Å². The lowest BCUT2D eigenvalue weighted by Gasteiger charge is -2.11. The fraction of sp³-hybridized carbons (Fsp3) is 0.167. The summed E-state index contributed by atoms with van der Waals surface area (Å²) < 4.78 is 44.5. The highest BCUT2D eigenvalue weighted by Gasteiger charge is 2.30. The molecule has 2 heterocycles. The first kappa shape index (κ1) is 24.2. The number of fused-ring (bicyclic) bond motifs is 1. The number of hydrogen-bond donors (Lipinski definition) is 1. The van der Waals surface area contributed by atoms with E-state index in [2.05, 4.69) is 15.3 Å². The van der Waals surface area contributed by atoms with Gasteiger partial charge in [-0.1, -0.05) is 23.7 Å². The zero-order valence-corrected chi connectivity index (χ0v) is 19.0. The number of aromatic nitrogens is 3. The Balaban J connectivity index is 1.48. The molecule has 0 unspecified atom stereocenters. The molecule has 0 radical (unpaired) electrons. The Bertz CT molecular complexity index is 1380. The molecule has 4 rings (SSSR count). The summed E-state index contributed by atoms with van der Waals surface area (Å²) in [5, 5.41) is 2.81. The van der Waals surface area contributed by atoms with Crippen molar-refractivity contribution < 1.29 is 27.5 Å². The number of carbonyl (C=O) groups excluding carboxylic acids is 2. The fourth-order valence-corrected chi connectivity index (χ4v) is 3.71. The van der Waals surface area contributed by atoms with Gasteiger partial charge in [-0.3, -0.25) is 14.0 Å². The van der Waals surface area contributed by atoms with Crippen molar-refractivity contribution in [3.8, 4) is 0 Å². The first-order valence-corrected chi connectivity index (χ1v) is 10.7. The van der Waals surface area contributed by atoms with Crippen molar-refractivity contribution >= 4 is 34.8 Å². The van der Waals surface area contributed by atoms with Gasteiger partial charge in [0.15, 0.2) is 0 Å². The molecule has 0 aliphatic carbocycles. The first-order chi connectivity index (χ1) is 16.7. The Morgan fingerprint density at radius 2 is 1.77 bits per heavy atom. The van der Waals surface area contributed by atoms with Crippen LogP contribution >= 0.6 is 11.6 Å². The number of nitrogens with one attached hydrogen (secondary N) is 1. The summed E-state index contributed by atoms with van der Waals surface area (Å²) in [5.74, 6) is -0.390. The predicted octanol–water partition coefficient (Wildman–Crippen LogP) is 4.96. The van der Waals surface area contributed by atoms with Crippen molar-refractivity contribution in [2.24, 2.45) is 0 Å². The molecule has 0 aliphatic heterocycles. The molecule has 0 atom stereocenters. The molecule has 0 aliphatic rings. The number of nitrogens with zero attached hydrogens (tertiary/aromatic N) is 3. The number of rotatable bonds is 6. The van der Waals surface area contributed by atoms with Gasteiger partial charge >= 0.3 is 12.1 Å². The van der Waals surface area contributed by atoms with Gasteiger partial charge in [-0.05, 0) is 42.0 Å². The maximum absolute atomic E-state index is 12.7. The summed E-state index contributed by atoms with van der Waals surface area (Å²) in [6.45, 7) is 0. The van der Waals surface area contributed by atoms with Gasteiger partial charge in [0.2, 0.25) is 0 Å². The van der Waals surface area contributed by atoms with Crippen molar-refractivity contribution in [1.29, 1.82) is 0 Å². The molecule has 2 aromatic carbocycles. The van der Waals surface area contributed by atoms with Crippen molar-refractivity contribution in [3.05, 3.63) is 94.2 Å². The van der Waals surface area contributed by atoms with E-state index >= 15 is 0 Å². The standard InChI is InChI=1S/C24H18ClF3N4O3/c1-35-20(33)13-18-21(25)31-19(32-11-10-29-22(18)32)12-14-2-8-17(9-3-14)30-23(34)15-4-6-16(7-5-15)24(26,27)28/h2-11H,12-13H2,1H3,(H,30,34). The number of halogens is 4. The molecule has 1 N–H and O–H groups in total. The quantitative estimate of drug-likeness (QED) is 0.297. The van der Waals surface area contributed by atoms with Crippen LogP contribution in [0.1, 0.15) is 32.9 Å². The lowest BCUT2D eigenvalue weighted by atomic mass is 10.1. The van der Waals surface area contributed by atoms with E-state index in [1.54, 1.807) is 41.1 Å². The van der Waals surface area contributed by atoms with Gasteiger partial charge in [0.25, 0.3) is 5.91 Å². The number of alkyl halides is 3. The van der Waals surface area contributed by atoms with Gasteiger partial charge in [0, 0.05) is 35.6 Å². The molecular formula is C24H18ClF3N4O3. The number of esters is 1. The average molecular weight is 503 g/mol. The fourth-order valence-electron chi connectivity index (χ4n) is 3.46. The van der Waals surface area contributed by atoms with Crippen LogP contribution in [-0.2, 0) is 28.5 Å². The van der Waals surface area contributed by atoms with E-state index in [0.29, 0.717) is 29.1 Å². The Morgan fingerprint density at radius 3 is 2.40 bits per heavy atom. The van der Waals surface area contributed by atoms with Crippen LogP contribution in [0.25, 0.3) is 5.65 Å². The van der Waals surface area contributed by atoms with E-state index in [9.17, 15) is 22.8 Å². The van der Waals surface area contributed by atoms with Crippen molar-refractivity contribution in [2.75, 3.05) is 12.4 Å². The van der Waals surface area contributed by atoms with E-state index < -0.39 is 23.6 Å². The minimum absolute atomic E-state index is 0.0591. The van der Waals surface area contributed by atoms with Crippen LogP contribution in [-0.4, -0.2) is 33.4 Å². The number of anilines is 1. The van der Waals surface area contributed by atoms with Crippen LogP contribution < -0.4 is 5.32 Å². The summed E-state index contributed by atoms with van der Waals surface area (Å²) in [6.07, 6.45) is -0.840. The van der Waals surface area contributed by atoms with Crippen LogP contribution in [0.3, 0.4) is 0 Å². The second kappa shape index (κ2) is 9.75. The lowest BCUT2D eigenvalue weighted by molar-refractivity contribution is -0.140. The third kappa shape index (κ3) is 5.43. The Kier molecular flexibility index (Phi) is 6.74. The van der Waals surface area contributed by atoms with Gasteiger partial charge in [0.05, 0.1) is 19.1 Å². The predicted molar refractivity (Wildman–Crippen MR) is 122 cm³/mol. The summed E-state index contributed by atoms with van der Waals surface area (Å²) in [6, 6.07) is 10.9. The van der Waals surface area contributed by atoms with Crippen molar-refractivity contribution in [3.63, 3.8) is 0 Å². The van der Waals surface area contributed by atoms with E-state index in [4.69, 9.17) is 16.3 Å². The third-order valence-corrected chi connectivity index (χ3v) is 5.57. The summed E-state index contributed by atoms with van der Waals surface area (Å²) in [5.41, 5.74) is 1.59. The van der Waals surface area contributed by atoms with Crippen molar-refractivity contribution in [1.82, 2.24) is 14.4 Å². The molecule has 180 valence electrons. The van der Waals surface area contributed by atoms with Crippen LogP contribution in [0.15, 0.2) is 60.9 Å². The molecule has 11 heteroatoms. The molecule has 0 saturated heterocycles. The molecule has 0 fully saturated rings. The first-order valence-electron chi connectivity index (χ1n) is 10.3. The van der Waals surface area contributed by atoms with Gasteiger partial charge in [-0.15, -0.1) is 0 Å². The minimum Gasteiger partial charge on any atom is -0.469 e. The molecular weight excluding hydrogens is 485 g/mol. The van der Waals surface area contributed by atoms with E-state index in [1.807, 2.05) is 0 Å². The summed E-state index contributed by atoms with van der Waals surface area (Å²) in [4.78, 5) is 32.8. The molecule has 2 aromatic heterocycles. The molecule has 0 spiro atoms. The summed E-state index contributed by atoms with van der Waals surface area (Å²) >= 11 is 6.33. The SMILES string of the molecule is COC(=O)Cc1c(Cl)nc(Cc2ccc(NC(=O)c3ccc(C(F)(F)F)cc3)cc2)n2ccnc12. The maximum Gasteiger partial charge on any atom is 0.416 e. The lowest BCUT2D eigenvalue weighted by Crippen LogP contribution is -2.13. The van der Waals surface area contributed by atoms with E-state index in [-0.39, 0.29) is 17.1 Å². The zero-order chi connectivity index (χ0) is 25.2. The monoisotopic (exact) mass is 502 g/mol. The van der Waals surface area contributed by atoms with E-state index in [1.165, 1.54) is 7.11 Å². The average Bonchev–Trinajstić information content (AvgIpc) is 3.32. The number of benzene rings is 2. The number of imidazole rings is 1. The molecule has 35 heavy (non-hydrogen) atoms. The van der Waals surface area contributed by atoms with Crippen LogP contribution in [0, 0.1) is 0 Å². The highest BCUT2D eigenvalue weighted by atomic mass is 35.5. The summed E-state index contributed by atoms with van der Waals surface area (Å²) in [7, 11) is 1.29. The Hall–Kier alpha value is -3.92. The number of hydrogen-bond acceptors (Lipinski definition) is 5. The number of amides is 1. The number of carbonyl (C=O) groups is 2. The van der Waals surface area contributed by atoms with Gasteiger partial charge in [-0.25, -0.2) is 9.97 Å². The molecule has 4 aromatic rings. The zero-order valence-electron chi connectivity index (χ0n) is 18.3. The van der Waals surface area contributed by atoms with Gasteiger partial charge in [0.1, 0.15) is 16.6 Å². The van der Waals surface area contributed by atoms with Crippen LogP contribution in [0.5, 0.6) is 0 Å². The molecule has 7 nitrogen and oxygen atoms in total. The second-order valence-corrected chi connectivity index (χ2v) is 7.93. The maximum atomic E-state index is 12.7. The molecule has 1 amide bonds. The second-order valence-electron chi connectivity index (χ2n) is 7.57. The number of methoxy groups -OCH3 is 1. The normalized spacial score (nSPS) is 11.5. The Morgan fingerprint density at radius 1 is 1.09 bits per heavy atom. The number of ether oxygens (including phenoxy) is 1. The highest BCUT2D eigenvalue weighted by Crippen LogP contribution is 2.29. The smallest absolute Gasteiger partial charge is 0.416 e. The van der Waals surface area contributed by atoms with Gasteiger partial charge in [-0.2, -0.15) is 13.2 Å². The topological polar surface area (TPSA) is 85.6 Å². The Labute approximate surface area is 202 Å². The molecule has 0 saturated carbocycles. The minimum atomic E-state index is -4.46. The van der Waals surface area contributed by atoms with Crippen LogP contribution in [0.4, 0.5) is 18.9 Å². The van der Waals surface area contributed by atoms with E-state index in [0.717, 1.165) is 29.8 Å². The highest BCUT2D eigenvalue weighted by molar-refractivity contribution is 6.30. The largest absolute Gasteiger partial charge is 0.469 e. The third-order valence-electron chi connectivity index (χ3n) is 5.26.